The molecule has 0 aromatic heterocycles. The molecule has 0 saturated carbocycles. The first-order chi connectivity index (χ1) is 13.4. The maximum absolute atomic E-state index is 12.4. The third-order valence-electron chi connectivity index (χ3n) is 4.88. The normalized spacial score (nSPS) is 15.0. The number of halogens is 1. The van der Waals surface area contributed by atoms with E-state index in [2.05, 4.69) is 17.1 Å². The van der Waals surface area contributed by atoms with Gasteiger partial charge in [0.15, 0.2) is 0 Å². The molecule has 28 heavy (non-hydrogen) atoms. The summed E-state index contributed by atoms with van der Waals surface area (Å²) in [6.07, 6.45) is 5.17. The Kier molecular flexibility index (Phi) is 6.31. The van der Waals surface area contributed by atoms with Crippen molar-refractivity contribution in [1.29, 1.82) is 0 Å². The number of piperidine rings is 1. The van der Waals surface area contributed by atoms with Crippen LogP contribution in [0.1, 0.15) is 25.3 Å². The minimum absolute atomic E-state index is 0.0661. The number of benzene rings is 2. The molecule has 1 aliphatic rings. The minimum atomic E-state index is -0.546. The molecule has 146 valence electrons. The van der Waals surface area contributed by atoms with Crippen molar-refractivity contribution in [3.8, 4) is 0 Å². The molecule has 7 heteroatoms. The highest BCUT2D eigenvalue weighted by Gasteiger charge is 2.18. The monoisotopic (exact) mass is 399 g/mol. The van der Waals surface area contributed by atoms with Crippen molar-refractivity contribution in [2.75, 3.05) is 23.3 Å². The summed E-state index contributed by atoms with van der Waals surface area (Å²) in [5.74, 6) is 0.430. The van der Waals surface area contributed by atoms with Crippen molar-refractivity contribution in [2.45, 2.75) is 19.8 Å². The van der Waals surface area contributed by atoms with E-state index < -0.39 is 4.92 Å². The molecule has 3 rings (SSSR count). The van der Waals surface area contributed by atoms with Crippen LogP contribution in [0, 0.1) is 16.0 Å². The second kappa shape index (κ2) is 8.89. The SMILES string of the molecule is CC1CCN(c2ccccc2NC(=O)C=Cc2ccc(Cl)c([N+](=O)[O-])c2)CC1. The quantitative estimate of drug-likeness (QED) is 0.429. The fraction of sp³-hybridized carbons (Fsp3) is 0.286. The van der Waals surface area contributed by atoms with E-state index in [-0.39, 0.29) is 16.6 Å². The number of carbonyl (C=O) groups excluding carboxylic acids is 1. The Balaban J connectivity index is 1.71. The lowest BCUT2D eigenvalue weighted by Gasteiger charge is -2.33. The van der Waals surface area contributed by atoms with Crippen LogP contribution in [-0.4, -0.2) is 23.9 Å². The average Bonchev–Trinajstić information content (AvgIpc) is 2.68. The van der Waals surface area contributed by atoms with E-state index in [9.17, 15) is 14.9 Å². The van der Waals surface area contributed by atoms with E-state index in [4.69, 9.17) is 11.6 Å². The van der Waals surface area contributed by atoms with E-state index in [1.165, 1.54) is 24.3 Å². The summed E-state index contributed by atoms with van der Waals surface area (Å²) in [6, 6.07) is 12.2. The van der Waals surface area contributed by atoms with Gasteiger partial charge in [0.25, 0.3) is 5.69 Å². The first-order valence-electron chi connectivity index (χ1n) is 9.21. The van der Waals surface area contributed by atoms with E-state index in [0.717, 1.165) is 43.2 Å². The van der Waals surface area contributed by atoms with Gasteiger partial charge in [0.1, 0.15) is 5.02 Å². The summed E-state index contributed by atoms with van der Waals surface area (Å²) < 4.78 is 0. The average molecular weight is 400 g/mol. The molecular formula is C21H22ClN3O3. The second-order valence-corrected chi connectivity index (χ2v) is 7.38. The maximum Gasteiger partial charge on any atom is 0.288 e. The van der Waals surface area contributed by atoms with Crippen LogP contribution >= 0.6 is 11.6 Å². The van der Waals surface area contributed by atoms with E-state index in [1.807, 2.05) is 24.3 Å². The van der Waals surface area contributed by atoms with Crippen molar-refractivity contribution < 1.29 is 9.72 Å². The Labute approximate surface area is 169 Å². The molecule has 0 bridgehead atoms. The lowest BCUT2D eigenvalue weighted by atomic mass is 9.98. The van der Waals surface area contributed by atoms with Crippen LogP contribution in [0.15, 0.2) is 48.5 Å². The zero-order valence-corrected chi connectivity index (χ0v) is 16.4. The predicted octanol–water partition coefficient (Wildman–Crippen LogP) is 5.14. The Bertz CT molecular complexity index is 906. The predicted molar refractivity (Wildman–Crippen MR) is 113 cm³/mol. The summed E-state index contributed by atoms with van der Waals surface area (Å²) in [4.78, 5) is 25.1. The lowest BCUT2D eigenvalue weighted by Crippen LogP contribution is -2.33. The zero-order chi connectivity index (χ0) is 20.1. The fourth-order valence-electron chi connectivity index (χ4n) is 3.22. The molecule has 0 atom stereocenters. The topological polar surface area (TPSA) is 75.5 Å². The first-order valence-corrected chi connectivity index (χ1v) is 9.59. The third kappa shape index (κ3) is 4.89. The Hall–Kier alpha value is -2.86. The summed E-state index contributed by atoms with van der Waals surface area (Å²) in [6.45, 7) is 4.20. The van der Waals surface area contributed by atoms with Crippen LogP contribution in [0.2, 0.25) is 5.02 Å². The van der Waals surface area contributed by atoms with Gasteiger partial charge in [-0.3, -0.25) is 14.9 Å². The van der Waals surface area contributed by atoms with Crippen LogP contribution in [0.5, 0.6) is 0 Å². The van der Waals surface area contributed by atoms with Gasteiger partial charge in [0.2, 0.25) is 5.91 Å². The second-order valence-electron chi connectivity index (χ2n) is 6.98. The lowest BCUT2D eigenvalue weighted by molar-refractivity contribution is -0.384. The molecule has 0 unspecified atom stereocenters. The number of hydrogen-bond donors (Lipinski definition) is 1. The molecule has 0 radical (unpaired) electrons. The molecule has 0 aliphatic carbocycles. The van der Waals surface area contributed by atoms with Crippen molar-refractivity contribution in [1.82, 2.24) is 0 Å². The highest BCUT2D eigenvalue weighted by molar-refractivity contribution is 6.32. The Morgan fingerprint density at radius 3 is 2.68 bits per heavy atom. The summed E-state index contributed by atoms with van der Waals surface area (Å²) in [7, 11) is 0. The van der Waals surface area contributed by atoms with Crippen molar-refractivity contribution >= 4 is 40.6 Å². The molecule has 1 aliphatic heterocycles. The van der Waals surface area contributed by atoms with E-state index in [0.29, 0.717) is 5.56 Å². The minimum Gasteiger partial charge on any atom is -0.370 e. The van der Waals surface area contributed by atoms with Crippen LogP contribution in [-0.2, 0) is 4.79 Å². The van der Waals surface area contributed by atoms with Gasteiger partial charge >= 0.3 is 0 Å². The summed E-state index contributed by atoms with van der Waals surface area (Å²) in [5.41, 5.74) is 2.12. The molecule has 6 nitrogen and oxygen atoms in total. The highest BCUT2D eigenvalue weighted by Crippen LogP contribution is 2.30. The Morgan fingerprint density at radius 1 is 1.25 bits per heavy atom. The number of nitrogens with zero attached hydrogens (tertiary/aromatic N) is 2. The van der Waals surface area contributed by atoms with Crippen LogP contribution < -0.4 is 10.2 Å². The number of amides is 1. The number of hydrogen-bond acceptors (Lipinski definition) is 4. The number of rotatable bonds is 5. The van der Waals surface area contributed by atoms with E-state index in [1.54, 1.807) is 6.07 Å². The molecule has 1 fully saturated rings. The highest BCUT2D eigenvalue weighted by atomic mass is 35.5. The standard InChI is InChI=1S/C21H22ClN3O3/c1-15-10-12-24(13-11-15)19-5-3-2-4-18(19)23-21(26)9-7-16-6-8-17(22)20(14-16)25(27)28/h2-9,14-15H,10-13H2,1H3,(H,23,26). The molecule has 0 spiro atoms. The van der Waals surface area contributed by atoms with E-state index >= 15 is 0 Å². The third-order valence-corrected chi connectivity index (χ3v) is 5.20. The van der Waals surface area contributed by atoms with Gasteiger partial charge < -0.3 is 10.2 Å². The largest absolute Gasteiger partial charge is 0.370 e. The van der Waals surface area contributed by atoms with Crippen LogP contribution in [0.3, 0.4) is 0 Å². The fourth-order valence-corrected chi connectivity index (χ4v) is 3.41. The van der Waals surface area contributed by atoms with Crippen molar-refractivity contribution in [2.24, 2.45) is 5.92 Å². The molecular weight excluding hydrogens is 378 g/mol. The van der Waals surface area contributed by atoms with Gasteiger partial charge in [-0.25, -0.2) is 0 Å². The maximum atomic E-state index is 12.4. The first kappa shape index (κ1) is 19.9. The number of anilines is 2. The number of carbonyl (C=O) groups is 1. The zero-order valence-electron chi connectivity index (χ0n) is 15.6. The van der Waals surface area contributed by atoms with Crippen LogP contribution in [0.25, 0.3) is 6.08 Å². The van der Waals surface area contributed by atoms with Gasteiger partial charge in [-0.05, 0) is 48.6 Å². The molecule has 1 saturated heterocycles. The molecule has 1 N–H and O–H groups in total. The van der Waals surface area contributed by atoms with Gasteiger partial charge in [-0.2, -0.15) is 0 Å². The van der Waals surface area contributed by atoms with Gasteiger partial charge in [0.05, 0.1) is 16.3 Å². The molecule has 1 heterocycles. The van der Waals surface area contributed by atoms with Gasteiger partial charge in [-0.1, -0.05) is 36.7 Å². The molecule has 2 aromatic rings. The van der Waals surface area contributed by atoms with Gasteiger partial charge in [-0.15, -0.1) is 0 Å². The smallest absolute Gasteiger partial charge is 0.288 e. The number of nitrogens with one attached hydrogen (secondary N) is 1. The Morgan fingerprint density at radius 2 is 1.96 bits per heavy atom. The van der Waals surface area contributed by atoms with Gasteiger partial charge in [0, 0.05) is 25.2 Å². The summed E-state index contributed by atoms with van der Waals surface area (Å²) in [5, 5.41) is 14.0. The van der Waals surface area contributed by atoms with Crippen molar-refractivity contribution in [3.05, 3.63) is 69.2 Å². The number of para-hydroxylation sites is 2. The number of nitro benzene ring substituents is 1. The molecule has 1 amide bonds. The van der Waals surface area contributed by atoms with Crippen molar-refractivity contribution in [3.63, 3.8) is 0 Å². The number of nitro groups is 1. The molecule has 2 aromatic carbocycles. The summed E-state index contributed by atoms with van der Waals surface area (Å²) >= 11 is 5.81. The van der Waals surface area contributed by atoms with Crippen LogP contribution in [0.4, 0.5) is 17.1 Å².